The number of nitrogens with one attached hydrogen (secondary N) is 1. The van der Waals surface area contributed by atoms with Gasteiger partial charge in [-0.05, 0) is 31.2 Å². The maximum atomic E-state index is 13.0. The van der Waals surface area contributed by atoms with Gasteiger partial charge in [-0.15, -0.1) is 0 Å². The van der Waals surface area contributed by atoms with Gasteiger partial charge in [0.1, 0.15) is 16.8 Å². The van der Waals surface area contributed by atoms with Crippen molar-refractivity contribution in [2.75, 3.05) is 5.32 Å². The number of aromatic nitrogens is 4. The summed E-state index contributed by atoms with van der Waals surface area (Å²) in [5.41, 5.74) is 2.10. The summed E-state index contributed by atoms with van der Waals surface area (Å²) in [4.78, 5) is 42.8. The predicted molar refractivity (Wildman–Crippen MR) is 125 cm³/mol. The highest BCUT2D eigenvalue weighted by atomic mass is 16.3. The molecule has 0 spiro atoms. The zero-order chi connectivity index (χ0) is 23.1. The Hall–Kier alpha value is -4.40. The van der Waals surface area contributed by atoms with Gasteiger partial charge in [0.25, 0.3) is 11.1 Å². The Labute approximate surface area is 187 Å². The van der Waals surface area contributed by atoms with Gasteiger partial charge in [-0.2, -0.15) is 0 Å². The highest BCUT2D eigenvalue weighted by molar-refractivity contribution is 6.01. The van der Waals surface area contributed by atoms with Crippen LogP contribution in [0.25, 0.3) is 27.8 Å². The molecule has 0 radical (unpaired) electrons. The average Bonchev–Trinajstić information content (AvgIpc) is 3.30. The van der Waals surface area contributed by atoms with Gasteiger partial charge in [-0.3, -0.25) is 23.6 Å². The van der Waals surface area contributed by atoms with Gasteiger partial charge in [-0.25, -0.2) is 9.67 Å². The first-order chi connectivity index (χ1) is 16.0. The Morgan fingerprint density at radius 3 is 2.55 bits per heavy atom. The fourth-order valence-electron chi connectivity index (χ4n) is 3.91. The minimum atomic E-state index is -0.377. The Morgan fingerprint density at radius 2 is 1.76 bits per heavy atom. The quantitative estimate of drug-likeness (QED) is 0.450. The second-order valence-corrected chi connectivity index (χ2v) is 7.75. The van der Waals surface area contributed by atoms with Crippen LogP contribution in [0.1, 0.15) is 12.1 Å². The van der Waals surface area contributed by atoms with Gasteiger partial charge >= 0.3 is 0 Å². The number of nitrogens with zero attached hydrogens (tertiary/aromatic N) is 4. The molecule has 1 N–H and O–H groups in total. The number of para-hydroxylation sites is 2. The van der Waals surface area contributed by atoms with E-state index in [2.05, 4.69) is 10.3 Å². The van der Waals surface area contributed by atoms with Crippen LogP contribution in [0.3, 0.4) is 0 Å². The summed E-state index contributed by atoms with van der Waals surface area (Å²) in [6.45, 7) is 1.86. The first-order valence-electron chi connectivity index (χ1n) is 10.5. The van der Waals surface area contributed by atoms with Gasteiger partial charge in [0.05, 0.1) is 17.7 Å². The molecule has 3 heterocycles. The number of hydrogen-bond acceptors (Lipinski definition) is 5. The summed E-state index contributed by atoms with van der Waals surface area (Å²) in [6.07, 6.45) is 1.41. The standard InChI is InChI=1S/C24H21N5O4/c1-15-20(23(31)29(27(15)2)16-8-4-3-5-9-16)26-19(30)12-13-28-14-25-21-17-10-6-7-11-18(17)33-22(21)24(28)32/h3-11,14H,12-13H2,1-2H3,(H,26,30). The highest BCUT2D eigenvalue weighted by Crippen LogP contribution is 2.24. The molecule has 0 saturated heterocycles. The lowest BCUT2D eigenvalue weighted by Crippen LogP contribution is -2.25. The summed E-state index contributed by atoms with van der Waals surface area (Å²) in [5.74, 6) is -0.377. The number of furan rings is 1. The summed E-state index contributed by atoms with van der Waals surface area (Å²) in [6, 6.07) is 16.5. The molecule has 0 aliphatic carbocycles. The van der Waals surface area contributed by atoms with Crippen molar-refractivity contribution in [2.45, 2.75) is 19.9 Å². The number of amides is 1. The molecular formula is C24H21N5O4. The predicted octanol–water partition coefficient (Wildman–Crippen LogP) is 2.97. The van der Waals surface area contributed by atoms with Crippen LogP contribution >= 0.6 is 0 Å². The van der Waals surface area contributed by atoms with Crippen LogP contribution in [-0.2, 0) is 18.4 Å². The fourth-order valence-corrected chi connectivity index (χ4v) is 3.91. The molecule has 5 rings (SSSR count). The van der Waals surface area contributed by atoms with E-state index in [0.29, 0.717) is 22.5 Å². The topological polar surface area (TPSA) is 104 Å². The number of carbonyl (C=O) groups excluding carboxylic acids is 1. The smallest absolute Gasteiger partial charge is 0.297 e. The second-order valence-electron chi connectivity index (χ2n) is 7.75. The molecule has 0 aliphatic heterocycles. The number of benzene rings is 2. The number of carbonyl (C=O) groups is 1. The molecule has 2 aromatic carbocycles. The maximum Gasteiger partial charge on any atom is 0.297 e. The lowest BCUT2D eigenvalue weighted by molar-refractivity contribution is -0.116. The Bertz CT molecular complexity index is 1620. The van der Waals surface area contributed by atoms with Gasteiger partial charge in [0.15, 0.2) is 0 Å². The Balaban J connectivity index is 1.37. The zero-order valence-electron chi connectivity index (χ0n) is 18.1. The Kier molecular flexibility index (Phi) is 4.93. The molecular weight excluding hydrogens is 422 g/mol. The molecule has 3 aromatic heterocycles. The fraction of sp³-hybridized carbons (Fsp3) is 0.167. The molecule has 33 heavy (non-hydrogen) atoms. The molecule has 0 atom stereocenters. The second kappa shape index (κ2) is 7.94. The largest absolute Gasteiger partial charge is 0.448 e. The summed E-state index contributed by atoms with van der Waals surface area (Å²) in [7, 11) is 1.76. The van der Waals surface area contributed by atoms with Gasteiger partial charge in [-0.1, -0.05) is 30.3 Å². The van der Waals surface area contributed by atoms with E-state index < -0.39 is 0 Å². The molecule has 0 saturated carbocycles. The lowest BCUT2D eigenvalue weighted by Gasteiger charge is -2.07. The molecule has 0 unspecified atom stereocenters. The third-order valence-electron chi connectivity index (χ3n) is 5.75. The molecule has 9 heteroatoms. The molecule has 166 valence electrons. The number of aryl methyl sites for hydroxylation is 1. The van der Waals surface area contributed by atoms with Crippen LogP contribution < -0.4 is 16.4 Å². The normalized spacial score (nSPS) is 11.3. The van der Waals surface area contributed by atoms with Gasteiger partial charge in [0.2, 0.25) is 11.5 Å². The number of rotatable bonds is 5. The maximum absolute atomic E-state index is 13.0. The van der Waals surface area contributed by atoms with E-state index in [1.165, 1.54) is 15.6 Å². The van der Waals surface area contributed by atoms with Crippen molar-refractivity contribution in [3.8, 4) is 5.69 Å². The van der Waals surface area contributed by atoms with Crippen LogP contribution in [0, 0.1) is 6.92 Å². The third kappa shape index (κ3) is 3.43. The van der Waals surface area contributed by atoms with Crippen LogP contribution in [0.15, 0.2) is 74.9 Å². The van der Waals surface area contributed by atoms with E-state index in [0.717, 1.165) is 5.39 Å². The van der Waals surface area contributed by atoms with Crippen LogP contribution in [0.2, 0.25) is 0 Å². The summed E-state index contributed by atoms with van der Waals surface area (Å²) >= 11 is 0. The molecule has 0 fully saturated rings. The van der Waals surface area contributed by atoms with E-state index >= 15 is 0 Å². The first-order valence-corrected chi connectivity index (χ1v) is 10.5. The van der Waals surface area contributed by atoms with Crippen molar-refractivity contribution in [3.63, 3.8) is 0 Å². The van der Waals surface area contributed by atoms with E-state index in [1.807, 2.05) is 48.5 Å². The molecule has 5 aromatic rings. The van der Waals surface area contributed by atoms with Crippen LogP contribution in [0.5, 0.6) is 0 Å². The van der Waals surface area contributed by atoms with E-state index in [4.69, 9.17) is 4.42 Å². The minimum absolute atomic E-state index is 0.00751. The van der Waals surface area contributed by atoms with Crippen molar-refractivity contribution >= 4 is 33.7 Å². The molecule has 0 bridgehead atoms. The lowest BCUT2D eigenvalue weighted by atomic mass is 10.2. The highest BCUT2D eigenvalue weighted by Gasteiger charge is 2.19. The summed E-state index contributed by atoms with van der Waals surface area (Å²) in [5, 5.41) is 3.47. The Morgan fingerprint density at radius 1 is 1.03 bits per heavy atom. The van der Waals surface area contributed by atoms with Crippen LogP contribution in [-0.4, -0.2) is 24.8 Å². The first kappa shape index (κ1) is 20.5. The minimum Gasteiger partial charge on any atom is -0.448 e. The van der Waals surface area contributed by atoms with Gasteiger partial charge in [0, 0.05) is 25.4 Å². The SMILES string of the molecule is Cc1c(NC(=O)CCn2cnc3c(oc4ccccc43)c2=O)c(=O)n(-c2ccccc2)n1C. The molecule has 1 amide bonds. The van der Waals surface area contributed by atoms with Crippen molar-refractivity contribution in [2.24, 2.45) is 7.05 Å². The van der Waals surface area contributed by atoms with Crippen molar-refractivity contribution in [3.05, 3.63) is 87.3 Å². The van der Waals surface area contributed by atoms with Crippen LogP contribution in [0.4, 0.5) is 5.69 Å². The zero-order valence-corrected chi connectivity index (χ0v) is 18.1. The monoisotopic (exact) mass is 443 g/mol. The summed E-state index contributed by atoms with van der Waals surface area (Å²) < 4.78 is 10.2. The third-order valence-corrected chi connectivity index (χ3v) is 5.75. The van der Waals surface area contributed by atoms with Crippen molar-refractivity contribution < 1.29 is 9.21 Å². The number of anilines is 1. The molecule has 0 aliphatic rings. The van der Waals surface area contributed by atoms with E-state index in [-0.39, 0.29) is 41.3 Å². The van der Waals surface area contributed by atoms with Crippen molar-refractivity contribution in [1.82, 2.24) is 18.9 Å². The molecule has 9 nitrogen and oxygen atoms in total. The number of hydrogen-bond donors (Lipinski definition) is 1. The average molecular weight is 443 g/mol. The van der Waals surface area contributed by atoms with E-state index in [1.54, 1.807) is 24.7 Å². The van der Waals surface area contributed by atoms with E-state index in [9.17, 15) is 14.4 Å². The number of fused-ring (bicyclic) bond motifs is 3. The van der Waals surface area contributed by atoms with Crippen molar-refractivity contribution in [1.29, 1.82) is 0 Å². The van der Waals surface area contributed by atoms with Gasteiger partial charge < -0.3 is 9.73 Å².